The number of aromatic amines is 1. The summed E-state index contributed by atoms with van der Waals surface area (Å²) in [5, 5.41) is 10.4. The van der Waals surface area contributed by atoms with Crippen LogP contribution in [0.25, 0.3) is 11.0 Å². The number of anilines is 1. The van der Waals surface area contributed by atoms with E-state index in [4.69, 9.17) is 4.74 Å². The maximum absolute atomic E-state index is 11.6. The van der Waals surface area contributed by atoms with Crippen LogP contribution in [-0.4, -0.2) is 50.3 Å². The number of hydrogen-bond acceptors (Lipinski definition) is 5. The van der Waals surface area contributed by atoms with Crippen molar-refractivity contribution in [1.82, 2.24) is 13.1 Å². The molecule has 1 fully saturated rings. The molecular formula is C18H17IN4O3. The minimum absolute atomic E-state index is 0.135. The van der Waals surface area contributed by atoms with E-state index in [9.17, 15) is 9.90 Å². The highest BCUT2D eigenvalue weighted by Crippen LogP contribution is 2.31. The normalized spacial score (nSPS) is 15.3. The molecule has 7 nitrogen and oxygen atoms in total. The number of aromatic nitrogens is 2. The zero-order valence-electron chi connectivity index (χ0n) is 13.9. The van der Waals surface area contributed by atoms with Gasteiger partial charge in [0.05, 0.1) is 6.20 Å². The second-order valence-electron chi connectivity index (χ2n) is 6.07. The Labute approximate surface area is 164 Å². The van der Waals surface area contributed by atoms with Gasteiger partial charge >= 0.3 is 5.97 Å². The van der Waals surface area contributed by atoms with Crippen molar-refractivity contribution in [2.75, 3.05) is 31.1 Å². The van der Waals surface area contributed by atoms with Crippen LogP contribution in [0.4, 0.5) is 5.69 Å². The molecule has 1 saturated heterocycles. The Morgan fingerprint density at radius 2 is 2.00 bits per heavy atom. The summed E-state index contributed by atoms with van der Waals surface area (Å²) in [6.07, 6.45) is 3.39. The Balaban J connectivity index is 1.65. The van der Waals surface area contributed by atoms with Gasteiger partial charge in [0.1, 0.15) is 22.7 Å². The lowest BCUT2D eigenvalue weighted by atomic mass is 10.1. The second-order valence-corrected chi connectivity index (χ2v) is 7.44. The smallest absolute Gasteiger partial charge is 0.339 e. The number of benzene rings is 1. The Morgan fingerprint density at radius 1 is 1.19 bits per heavy atom. The molecular weight excluding hydrogens is 447 g/mol. The van der Waals surface area contributed by atoms with Crippen molar-refractivity contribution in [3.05, 3.63) is 48.3 Å². The van der Waals surface area contributed by atoms with Crippen molar-refractivity contribution >= 4 is 45.6 Å². The Morgan fingerprint density at radius 3 is 2.77 bits per heavy atom. The standard InChI is InChI=1S/C18H17IN4O3/c19-23-7-5-22(6-8-23)13-1-2-15(18(24)25)16(10-13)26-14-9-12-3-4-20-17(12)21-11-14/h1-4,9-11H,5-8H2,(H,20,21)(H,24,25). The molecule has 0 amide bonds. The first-order valence-corrected chi connectivity index (χ1v) is 9.20. The average Bonchev–Trinajstić information content (AvgIpc) is 3.10. The molecule has 1 aliphatic heterocycles. The van der Waals surface area contributed by atoms with Gasteiger partial charge in [-0.3, -0.25) is 0 Å². The fourth-order valence-electron chi connectivity index (χ4n) is 3.01. The number of ether oxygens (including phenoxy) is 1. The molecule has 1 aliphatic rings. The van der Waals surface area contributed by atoms with Crippen LogP contribution in [0.5, 0.6) is 11.5 Å². The highest BCUT2D eigenvalue weighted by atomic mass is 127. The lowest BCUT2D eigenvalue weighted by molar-refractivity contribution is 0.0694. The number of carboxylic acid groups (broad SMARTS) is 1. The van der Waals surface area contributed by atoms with Gasteiger partial charge in [-0.2, -0.15) is 0 Å². The summed E-state index contributed by atoms with van der Waals surface area (Å²) in [6.45, 7) is 3.72. The third-order valence-electron chi connectivity index (χ3n) is 4.39. The van der Waals surface area contributed by atoms with Crippen molar-refractivity contribution in [3.8, 4) is 11.5 Å². The monoisotopic (exact) mass is 464 g/mol. The van der Waals surface area contributed by atoms with Gasteiger partial charge in [0.25, 0.3) is 0 Å². The zero-order chi connectivity index (χ0) is 18.1. The number of carboxylic acids is 1. The van der Waals surface area contributed by atoms with E-state index >= 15 is 0 Å². The van der Waals surface area contributed by atoms with E-state index in [-0.39, 0.29) is 5.56 Å². The molecule has 0 bridgehead atoms. The van der Waals surface area contributed by atoms with Gasteiger partial charge in [0, 0.05) is 72.4 Å². The van der Waals surface area contributed by atoms with Crippen molar-refractivity contribution < 1.29 is 14.6 Å². The Hall–Kier alpha value is -2.33. The van der Waals surface area contributed by atoms with Crippen molar-refractivity contribution in [3.63, 3.8) is 0 Å². The molecule has 134 valence electrons. The van der Waals surface area contributed by atoms with E-state index in [2.05, 4.69) is 40.8 Å². The minimum Gasteiger partial charge on any atom is -0.478 e. The van der Waals surface area contributed by atoms with Gasteiger partial charge in [0.2, 0.25) is 0 Å². The van der Waals surface area contributed by atoms with Gasteiger partial charge in [-0.15, -0.1) is 0 Å². The first-order valence-electron chi connectivity index (χ1n) is 8.24. The number of nitrogens with zero attached hydrogens (tertiary/aromatic N) is 3. The van der Waals surface area contributed by atoms with Gasteiger partial charge in [-0.05, 0) is 24.3 Å². The Kier molecular flexibility index (Phi) is 4.68. The van der Waals surface area contributed by atoms with Crippen LogP contribution in [0.3, 0.4) is 0 Å². The van der Waals surface area contributed by atoms with E-state index in [1.54, 1.807) is 24.5 Å². The molecule has 0 aliphatic carbocycles. The van der Waals surface area contributed by atoms with E-state index in [0.29, 0.717) is 11.5 Å². The number of halogens is 1. The third-order valence-corrected chi connectivity index (χ3v) is 5.35. The number of piperazine rings is 1. The van der Waals surface area contributed by atoms with E-state index < -0.39 is 5.97 Å². The fourth-order valence-corrected chi connectivity index (χ4v) is 3.44. The summed E-state index contributed by atoms with van der Waals surface area (Å²) in [5.74, 6) is -0.184. The Bertz CT molecular complexity index is 951. The van der Waals surface area contributed by atoms with Crippen molar-refractivity contribution in [2.45, 2.75) is 0 Å². The first-order chi connectivity index (χ1) is 12.6. The summed E-state index contributed by atoms with van der Waals surface area (Å²) < 4.78 is 8.15. The number of pyridine rings is 1. The number of H-pyrrole nitrogens is 1. The topological polar surface area (TPSA) is 81.7 Å². The number of aromatic carboxylic acids is 1. The fraction of sp³-hybridized carbons (Fsp3) is 0.222. The van der Waals surface area contributed by atoms with Gasteiger partial charge in [-0.1, -0.05) is 0 Å². The highest BCUT2D eigenvalue weighted by Gasteiger charge is 2.19. The van der Waals surface area contributed by atoms with Gasteiger partial charge in [-0.25, -0.2) is 12.9 Å². The number of hydrogen-bond donors (Lipinski definition) is 2. The summed E-state index contributed by atoms with van der Waals surface area (Å²) in [4.78, 5) is 21.1. The predicted molar refractivity (Wildman–Crippen MR) is 107 cm³/mol. The molecule has 0 radical (unpaired) electrons. The van der Waals surface area contributed by atoms with Crippen LogP contribution in [0, 0.1) is 0 Å². The van der Waals surface area contributed by atoms with Gasteiger partial charge < -0.3 is 19.7 Å². The molecule has 2 aromatic heterocycles. The maximum Gasteiger partial charge on any atom is 0.339 e. The molecule has 2 N–H and O–H groups in total. The largest absolute Gasteiger partial charge is 0.478 e. The quantitative estimate of drug-likeness (QED) is 0.455. The summed E-state index contributed by atoms with van der Waals surface area (Å²) in [6, 6.07) is 8.98. The SMILES string of the molecule is O=C(O)c1ccc(N2CCN(I)CC2)cc1Oc1cnc2[nH]ccc2c1. The summed E-state index contributed by atoms with van der Waals surface area (Å²) in [5.41, 5.74) is 1.86. The lowest BCUT2D eigenvalue weighted by Crippen LogP contribution is -2.42. The second kappa shape index (κ2) is 7.12. The number of rotatable bonds is 4. The van der Waals surface area contributed by atoms with Crippen molar-refractivity contribution in [1.29, 1.82) is 0 Å². The van der Waals surface area contributed by atoms with Crippen LogP contribution < -0.4 is 9.64 Å². The number of fused-ring (bicyclic) bond motifs is 1. The molecule has 0 spiro atoms. The van der Waals surface area contributed by atoms with E-state index in [1.807, 2.05) is 18.2 Å². The van der Waals surface area contributed by atoms with Crippen LogP contribution in [0.2, 0.25) is 0 Å². The van der Waals surface area contributed by atoms with E-state index in [0.717, 1.165) is 42.9 Å². The van der Waals surface area contributed by atoms with Gasteiger partial charge in [0.15, 0.2) is 0 Å². The zero-order valence-corrected chi connectivity index (χ0v) is 16.0. The minimum atomic E-state index is -1.01. The summed E-state index contributed by atoms with van der Waals surface area (Å²) >= 11 is 2.32. The number of carbonyl (C=O) groups is 1. The van der Waals surface area contributed by atoms with Crippen LogP contribution in [-0.2, 0) is 0 Å². The number of nitrogens with one attached hydrogen (secondary N) is 1. The van der Waals surface area contributed by atoms with E-state index in [1.165, 1.54) is 0 Å². The summed E-state index contributed by atoms with van der Waals surface area (Å²) in [7, 11) is 0. The molecule has 0 atom stereocenters. The van der Waals surface area contributed by atoms with Crippen LogP contribution in [0.15, 0.2) is 42.7 Å². The van der Waals surface area contributed by atoms with Crippen molar-refractivity contribution in [2.24, 2.45) is 0 Å². The lowest BCUT2D eigenvalue weighted by Gasteiger charge is -2.33. The molecule has 0 saturated carbocycles. The first kappa shape index (κ1) is 17.1. The molecule has 0 unspecified atom stereocenters. The molecule has 8 heteroatoms. The van der Waals surface area contributed by atoms with Crippen LogP contribution >= 0.6 is 22.9 Å². The molecule has 3 aromatic rings. The molecule has 1 aromatic carbocycles. The molecule has 4 rings (SSSR count). The molecule has 26 heavy (non-hydrogen) atoms. The maximum atomic E-state index is 11.6. The van der Waals surface area contributed by atoms with Crippen LogP contribution in [0.1, 0.15) is 10.4 Å². The highest BCUT2D eigenvalue weighted by molar-refractivity contribution is 14.1. The third kappa shape index (κ3) is 3.47. The molecule has 3 heterocycles. The average molecular weight is 464 g/mol. The predicted octanol–water partition coefficient (Wildman–Crippen LogP) is 3.53.